The van der Waals surface area contributed by atoms with Gasteiger partial charge in [-0.1, -0.05) is 24.3 Å². The number of benzene rings is 2. The molecule has 0 bridgehead atoms. The van der Waals surface area contributed by atoms with Gasteiger partial charge in [0.25, 0.3) is 0 Å². The summed E-state index contributed by atoms with van der Waals surface area (Å²) in [4.78, 5) is 15.3. The van der Waals surface area contributed by atoms with Crippen molar-refractivity contribution < 1.29 is 10.1 Å². The average Bonchev–Trinajstić information content (AvgIpc) is 2.48. The summed E-state index contributed by atoms with van der Waals surface area (Å²) in [6.45, 7) is 0. The van der Waals surface area contributed by atoms with E-state index in [-0.39, 0.29) is 11.0 Å². The SMILES string of the molecule is O=[N+]([O-])c1c2ccn(O)cc-2ccc1=Nc1ccccc1. The highest BCUT2D eigenvalue weighted by Crippen LogP contribution is 2.28. The Morgan fingerprint density at radius 1 is 1.10 bits per heavy atom. The molecule has 6 nitrogen and oxygen atoms in total. The van der Waals surface area contributed by atoms with Crippen LogP contribution in [-0.2, 0) is 0 Å². The second kappa shape index (κ2) is 5.09. The first-order valence-electron chi connectivity index (χ1n) is 6.23. The van der Waals surface area contributed by atoms with Gasteiger partial charge in [0, 0.05) is 11.8 Å². The number of hydrogen-bond acceptors (Lipinski definition) is 4. The first-order valence-corrected chi connectivity index (χ1v) is 6.23. The van der Waals surface area contributed by atoms with Gasteiger partial charge in [0.05, 0.1) is 22.4 Å². The molecule has 0 aromatic heterocycles. The van der Waals surface area contributed by atoms with E-state index in [2.05, 4.69) is 4.99 Å². The fourth-order valence-electron chi connectivity index (χ4n) is 2.16. The molecule has 3 rings (SSSR count). The maximum absolute atomic E-state index is 11.4. The predicted molar refractivity (Wildman–Crippen MR) is 76.6 cm³/mol. The lowest BCUT2D eigenvalue weighted by Gasteiger charge is -2.07. The fraction of sp³-hybridized carbons (Fsp3) is 0. The molecular formula is C15H11N3O3. The lowest BCUT2D eigenvalue weighted by atomic mass is 10.0. The summed E-state index contributed by atoms with van der Waals surface area (Å²) < 4.78 is 0.861. The lowest BCUT2D eigenvalue weighted by molar-refractivity contribution is -0.385. The second-order valence-corrected chi connectivity index (χ2v) is 4.47. The van der Waals surface area contributed by atoms with Crippen molar-refractivity contribution in [3.05, 3.63) is 76.4 Å². The number of pyridine rings is 1. The van der Waals surface area contributed by atoms with E-state index in [0.29, 0.717) is 16.8 Å². The van der Waals surface area contributed by atoms with Crippen LogP contribution in [0.5, 0.6) is 0 Å². The van der Waals surface area contributed by atoms with Crippen molar-refractivity contribution in [3.8, 4) is 11.1 Å². The van der Waals surface area contributed by atoms with Gasteiger partial charge in [0.2, 0.25) is 0 Å². The normalized spacial score (nSPS) is 11.7. The van der Waals surface area contributed by atoms with Crippen molar-refractivity contribution in [2.24, 2.45) is 4.99 Å². The highest BCUT2D eigenvalue weighted by atomic mass is 16.6. The Labute approximate surface area is 119 Å². The van der Waals surface area contributed by atoms with E-state index in [1.165, 1.54) is 18.5 Å². The molecule has 0 saturated carbocycles. The molecule has 0 unspecified atom stereocenters. The van der Waals surface area contributed by atoms with Crippen molar-refractivity contribution in [2.45, 2.75) is 0 Å². The van der Waals surface area contributed by atoms with Crippen LogP contribution in [0.15, 0.2) is 65.9 Å². The van der Waals surface area contributed by atoms with E-state index < -0.39 is 4.92 Å². The molecule has 1 aromatic rings. The molecule has 0 saturated heterocycles. The van der Waals surface area contributed by atoms with Gasteiger partial charge in [-0.15, -0.1) is 0 Å². The zero-order valence-corrected chi connectivity index (χ0v) is 10.9. The van der Waals surface area contributed by atoms with Crippen LogP contribution < -0.4 is 5.36 Å². The molecule has 1 N–H and O–H groups in total. The quantitative estimate of drug-likeness (QED) is 0.445. The number of nitrogens with zero attached hydrogens (tertiary/aromatic N) is 3. The van der Waals surface area contributed by atoms with Gasteiger partial charge in [-0.05, 0) is 24.3 Å². The first-order chi connectivity index (χ1) is 10.1. The Morgan fingerprint density at radius 3 is 2.57 bits per heavy atom. The molecule has 0 fully saturated rings. The number of rotatable bonds is 2. The van der Waals surface area contributed by atoms with E-state index in [4.69, 9.17) is 0 Å². The van der Waals surface area contributed by atoms with Crippen LogP contribution in [0.2, 0.25) is 0 Å². The van der Waals surface area contributed by atoms with Gasteiger partial charge in [-0.25, -0.2) is 9.72 Å². The standard InChI is InChI=1S/C15H11N3O3/c19-17-9-8-13-11(10-17)6-7-14(15(13)18(20)21)16-12-4-2-1-3-5-12/h1-10,19H. The first kappa shape index (κ1) is 12.9. The number of para-hydroxylation sites is 1. The van der Waals surface area contributed by atoms with Crippen LogP contribution in [0, 0.1) is 10.1 Å². The van der Waals surface area contributed by atoms with Crippen molar-refractivity contribution in [1.82, 2.24) is 4.73 Å². The van der Waals surface area contributed by atoms with Gasteiger partial charge in [0.15, 0.2) is 0 Å². The Bertz CT molecular complexity index is 840. The molecule has 1 aliphatic heterocycles. The minimum atomic E-state index is -0.453. The van der Waals surface area contributed by atoms with Crippen molar-refractivity contribution in [3.63, 3.8) is 0 Å². The van der Waals surface area contributed by atoms with Crippen molar-refractivity contribution in [1.29, 1.82) is 0 Å². The van der Waals surface area contributed by atoms with E-state index in [1.807, 2.05) is 18.2 Å². The van der Waals surface area contributed by atoms with Gasteiger partial charge < -0.3 is 5.21 Å². The maximum atomic E-state index is 11.4. The molecule has 0 spiro atoms. The van der Waals surface area contributed by atoms with Gasteiger partial charge >= 0.3 is 5.69 Å². The van der Waals surface area contributed by atoms with Gasteiger partial charge in [-0.3, -0.25) is 10.1 Å². The van der Waals surface area contributed by atoms with E-state index in [0.717, 1.165) is 4.73 Å². The smallest absolute Gasteiger partial charge is 0.302 e. The Kier molecular flexibility index (Phi) is 3.12. The molecule has 0 radical (unpaired) electrons. The van der Waals surface area contributed by atoms with E-state index in [9.17, 15) is 15.3 Å². The third-order valence-corrected chi connectivity index (χ3v) is 3.08. The summed E-state index contributed by atoms with van der Waals surface area (Å²) >= 11 is 0. The molecule has 21 heavy (non-hydrogen) atoms. The average molecular weight is 281 g/mol. The molecular weight excluding hydrogens is 270 g/mol. The third kappa shape index (κ3) is 2.46. The third-order valence-electron chi connectivity index (χ3n) is 3.08. The Hall–Kier alpha value is -3.15. The fourth-order valence-corrected chi connectivity index (χ4v) is 2.16. The largest absolute Gasteiger partial charge is 0.429 e. The number of aromatic nitrogens is 1. The van der Waals surface area contributed by atoms with Crippen molar-refractivity contribution in [2.75, 3.05) is 0 Å². The maximum Gasteiger partial charge on any atom is 0.302 e. The molecule has 6 heteroatoms. The number of fused-ring (bicyclic) bond motifs is 1. The summed E-state index contributed by atoms with van der Waals surface area (Å²) in [5.41, 5.74) is 1.58. The summed E-state index contributed by atoms with van der Waals surface area (Å²) in [7, 11) is 0. The monoisotopic (exact) mass is 281 g/mol. The summed E-state index contributed by atoms with van der Waals surface area (Å²) in [6.07, 6.45) is 2.76. The van der Waals surface area contributed by atoms with Crippen molar-refractivity contribution >= 4 is 11.4 Å². The topological polar surface area (TPSA) is 80.7 Å². The predicted octanol–water partition coefficient (Wildman–Crippen LogP) is 2.97. The summed E-state index contributed by atoms with van der Waals surface area (Å²) in [5.74, 6) is 0. The summed E-state index contributed by atoms with van der Waals surface area (Å²) in [6, 6.07) is 13.8. The Balaban J connectivity index is 2.31. The molecule has 1 aromatic carbocycles. The molecule has 0 amide bonds. The second-order valence-electron chi connectivity index (χ2n) is 4.47. The number of hydrogen-bond donors (Lipinski definition) is 1. The van der Waals surface area contributed by atoms with E-state index >= 15 is 0 Å². The van der Waals surface area contributed by atoms with Crippen LogP contribution in [0.25, 0.3) is 11.1 Å². The molecule has 1 aliphatic carbocycles. The van der Waals surface area contributed by atoms with Crippen LogP contribution in [0.4, 0.5) is 11.4 Å². The minimum absolute atomic E-state index is 0.0723. The van der Waals surface area contributed by atoms with Crippen LogP contribution in [-0.4, -0.2) is 14.9 Å². The van der Waals surface area contributed by atoms with Crippen LogP contribution in [0.1, 0.15) is 0 Å². The molecule has 104 valence electrons. The molecule has 0 atom stereocenters. The number of nitro benzene ring substituents is 1. The molecule has 2 aliphatic rings. The molecule has 1 heterocycles. The zero-order chi connectivity index (χ0) is 14.8. The number of nitro groups is 1. The lowest BCUT2D eigenvalue weighted by Crippen LogP contribution is -2.11. The van der Waals surface area contributed by atoms with E-state index in [1.54, 1.807) is 24.3 Å². The van der Waals surface area contributed by atoms with Crippen LogP contribution in [0.3, 0.4) is 0 Å². The van der Waals surface area contributed by atoms with Gasteiger partial charge in [-0.2, -0.15) is 0 Å². The minimum Gasteiger partial charge on any atom is -0.429 e. The van der Waals surface area contributed by atoms with Crippen LogP contribution >= 0.6 is 0 Å². The summed E-state index contributed by atoms with van der Waals surface area (Å²) in [5, 5.41) is 21.1. The zero-order valence-electron chi connectivity index (χ0n) is 10.9. The van der Waals surface area contributed by atoms with Gasteiger partial charge in [0.1, 0.15) is 5.36 Å². The highest BCUT2D eigenvalue weighted by Gasteiger charge is 2.20. The highest BCUT2D eigenvalue weighted by molar-refractivity contribution is 5.73. The Morgan fingerprint density at radius 2 is 1.86 bits per heavy atom.